The fourth-order valence-electron chi connectivity index (χ4n) is 2.10. The highest BCUT2D eigenvalue weighted by molar-refractivity contribution is 6.11. The van der Waals surface area contributed by atoms with Gasteiger partial charge in [0.2, 0.25) is 0 Å². The molecule has 0 amide bonds. The van der Waals surface area contributed by atoms with Crippen molar-refractivity contribution in [3.05, 3.63) is 51.2 Å². The second-order valence-corrected chi connectivity index (χ2v) is 4.55. The van der Waals surface area contributed by atoms with Gasteiger partial charge in [-0.2, -0.15) is 0 Å². The minimum absolute atomic E-state index is 0.0341. The van der Waals surface area contributed by atoms with Crippen LogP contribution in [0.25, 0.3) is 0 Å². The van der Waals surface area contributed by atoms with Crippen molar-refractivity contribution >= 4 is 11.5 Å². The number of carbonyl (C=O) groups is 1. The van der Waals surface area contributed by atoms with E-state index in [-0.39, 0.29) is 11.5 Å². The molecule has 0 heterocycles. The largest absolute Gasteiger partial charge is 0.383 e. The molecule has 1 aliphatic carbocycles. The first-order chi connectivity index (χ1) is 8.49. The van der Waals surface area contributed by atoms with Crippen LogP contribution in [-0.2, 0) is 6.42 Å². The van der Waals surface area contributed by atoms with Crippen molar-refractivity contribution in [2.75, 3.05) is 14.1 Å². The molecule has 0 fully saturated rings. The number of nitrogens with zero attached hydrogens (tertiary/aromatic N) is 2. The Balaban J connectivity index is 2.44. The van der Waals surface area contributed by atoms with Gasteiger partial charge in [-0.1, -0.05) is 6.07 Å². The number of nitro benzene ring substituents is 1. The predicted octanol–water partition coefficient (Wildman–Crippen LogP) is 2.17. The highest BCUT2D eigenvalue weighted by Gasteiger charge is 2.24. The minimum atomic E-state index is -0.475. The van der Waals surface area contributed by atoms with Gasteiger partial charge in [-0.3, -0.25) is 14.9 Å². The Morgan fingerprint density at radius 3 is 2.67 bits per heavy atom. The Kier molecular flexibility index (Phi) is 3.14. The van der Waals surface area contributed by atoms with E-state index >= 15 is 0 Å². The van der Waals surface area contributed by atoms with Crippen LogP contribution in [0.1, 0.15) is 22.3 Å². The highest BCUT2D eigenvalue weighted by Crippen LogP contribution is 2.28. The van der Waals surface area contributed by atoms with Crippen LogP contribution in [0.5, 0.6) is 0 Å². The van der Waals surface area contributed by atoms with Crippen LogP contribution < -0.4 is 0 Å². The van der Waals surface area contributed by atoms with Crippen LogP contribution in [0.2, 0.25) is 0 Å². The Morgan fingerprint density at radius 1 is 1.33 bits per heavy atom. The fraction of sp³-hybridized carbons (Fsp3) is 0.308. The first-order valence-corrected chi connectivity index (χ1v) is 5.68. The lowest BCUT2D eigenvalue weighted by atomic mass is 9.87. The summed E-state index contributed by atoms with van der Waals surface area (Å²) in [6.07, 6.45) is 3.21. The van der Waals surface area contributed by atoms with Crippen molar-refractivity contribution in [3.63, 3.8) is 0 Å². The van der Waals surface area contributed by atoms with E-state index in [0.717, 1.165) is 12.0 Å². The lowest BCUT2D eigenvalue weighted by Crippen LogP contribution is -2.17. The van der Waals surface area contributed by atoms with Gasteiger partial charge in [-0.05, 0) is 18.4 Å². The standard InChI is InChI=1S/C13H14N2O3/c1-14(2)8-10-4-3-9-5-6-11(15(17)18)7-12(9)13(10)16/h5-8H,3-4H2,1-2H3/b10-8+. The molecule has 0 atom stereocenters. The van der Waals surface area contributed by atoms with Gasteiger partial charge in [0, 0.05) is 43.6 Å². The smallest absolute Gasteiger partial charge is 0.270 e. The number of nitro groups is 1. The van der Waals surface area contributed by atoms with Crippen molar-refractivity contribution in [2.24, 2.45) is 0 Å². The van der Waals surface area contributed by atoms with Gasteiger partial charge in [0.05, 0.1) is 4.92 Å². The maximum Gasteiger partial charge on any atom is 0.270 e. The summed E-state index contributed by atoms with van der Waals surface area (Å²) in [4.78, 5) is 24.3. The van der Waals surface area contributed by atoms with Gasteiger partial charge in [0.15, 0.2) is 5.78 Å². The Hall–Kier alpha value is -2.17. The highest BCUT2D eigenvalue weighted by atomic mass is 16.6. The van der Waals surface area contributed by atoms with Crippen molar-refractivity contribution < 1.29 is 9.72 Å². The number of ketones is 1. The van der Waals surface area contributed by atoms with E-state index in [0.29, 0.717) is 17.6 Å². The van der Waals surface area contributed by atoms with Crippen molar-refractivity contribution in [1.82, 2.24) is 4.90 Å². The number of aryl methyl sites for hydroxylation is 1. The molecule has 1 aromatic carbocycles. The molecule has 0 N–H and O–H groups in total. The molecule has 0 aromatic heterocycles. The second-order valence-electron chi connectivity index (χ2n) is 4.55. The second kappa shape index (κ2) is 4.60. The van der Waals surface area contributed by atoms with E-state index < -0.39 is 4.92 Å². The Labute approximate surface area is 105 Å². The van der Waals surface area contributed by atoms with E-state index in [2.05, 4.69) is 0 Å². The number of hydrogen-bond donors (Lipinski definition) is 0. The molecule has 5 nitrogen and oxygen atoms in total. The lowest BCUT2D eigenvalue weighted by molar-refractivity contribution is -0.384. The maximum absolute atomic E-state index is 12.2. The third kappa shape index (κ3) is 2.25. The third-order valence-corrected chi connectivity index (χ3v) is 2.92. The van der Waals surface area contributed by atoms with E-state index in [1.165, 1.54) is 12.1 Å². The van der Waals surface area contributed by atoms with Crippen molar-refractivity contribution in [1.29, 1.82) is 0 Å². The summed E-state index contributed by atoms with van der Waals surface area (Å²) in [7, 11) is 3.70. The molecule has 0 aliphatic heterocycles. The monoisotopic (exact) mass is 246 g/mol. The minimum Gasteiger partial charge on any atom is -0.383 e. The van der Waals surface area contributed by atoms with Crippen molar-refractivity contribution in [3.8, 4) is 0 Å². The summed E-state index contributed by atoms with van der Waals surface area (Å²) in [6.45, 7) is 0. The zero-order chi connectivity index (χ0) is 13.3. The van der Waals surface area contributed by atoms with E-state index in [1.807, 2.05) is 19.0 Å². The number of Topliss-reactive ketones (excluding diaryl/α,β-unsaturated/α-hetero) is 1. The molecule has 0 unspecified atom stereocenters. The zero-order valence-corrected chi connectivity index (χ0v) is 10.3. The first-order valence-electron chi connectivity index (χ1n) is 5.68. The lowest BCUT2D eigenvalue weighted by Gasteiger charge is -2.18. The van der Waals surface area contributed by atoms with Crippen LogP contribution >= 0.6 is 0 Å². The molecule has 0 radical (unpaired) electrons. The van der Waals surface area contributed by atoms with Crippen LogP contribution in [0.15, 0.2) is 30.0 Å². The van der Waals surface area contributed by atoms with Gasteiger partial charge in [-0.25, -0.2) is 0 Å². The Morgan fingerprint density at radius 2 is 2.06 bits per heavy atom. The molecule has 0 spiro atoms. The molecular formula is C13H14N2O3. The molecule has 1 aliphatic rings. The molecule has 18 heavy (non-hydrogen) atoms. The maximum atomic E-state index is 12.2. The van der Waals surface area contributed by atoms with E-state index in [9.17, 15) is 14.9 Å². The molecule has 94 valence electrons. The average molecular weight is 246 g/mol. The van der Waals surface area contributed by atoms with Crippen LogP contribution in [0.4, 0.5) is 5.69 Å². The first kappa shape index (κ1) is 12.3. The Bertz CT molecular complexity index is 547. The van der Waals surface area contributed by atoms with Gasteiger partial charge in [0.1, 0.15) is 0 Å². The average Bonchev–Trinajstić information content (AvgIpc) is 2.32. The van der Waals surface area contributed by atoms with Gasteiger partial charge < -0.3 is 4.90 Å². The number of fused-ring (bicyclic) bond motifs is 1. The van der Waals surface area contributed by atoms with Gasteiger partial charge in [-0.15, -0.1) is 0 Å². The molecule has 5 heteroatoms. The molecular weight excluding hydrogens is 232 g/mol. The molecule has 2 rings (SSSR count). The normalized spacial score (nSPS) is 16.6. The van der Waals surface area contributed by atoms with E-state index in [4.69, 9.17) is 0 Å². The van der Waals surface area contributed by atoms with Gasteiger partial charge >= 0.3 is 0 Å². The SMILES string of the molecule is CN(C)/C=C1\CCc2ccc([N+](=O)[O-])cc2C1=O. The number of carbonyl (C=O) groups excluding carboxylic acids is 1. The summed E-state index contributed by atoms with van der Waals surface area (Å²) >= 11 is 0. The van der Waals surface area contributed by atoms with Gasteiger partial charge in [0.25, 0.3) is 5.69 Å². The predicted molar refractivity (Wildman–Crippen MR) is 67.5 cm³/mol. The quantitative estimate of drug-likeness (QED) is 0.455. The molecule has 0 bridgehead atoms. The summed E-state index contributed by atoms with van der Waals surface area (Å²) < 4.78 is 0. The zero-order valence-electron chi connectivity index (χ0n) is 10.3. The number of allylic oxidation sites excluding steroid dienone is 1. The molecule has 0 saturated heterocycles. The van der Waals surface area contributed by atoms with Crippen molar-refractivity contribution in [2.45, 2.75) is 12.8 Å². The summed E-state index contributed by atoms with van der Waals surface area (Å²) in [6, 6.07) is 4.50. The molecule has 1 aromatic rings. The fourth-order valence-corrected chi connectivity index (χ4v) is 2.10. The number of non-ortho nitro benzene ring substituents is 1. The number of hydrogen-bond acceptors (Lipinski definition) is 4. The molecule has 0 saturated carbocycles. The third-order valence-electron chi connectivity index (χ3n) is 2.92. The number of benzene rings is 1. The summed E-state index contributed by atoms with van der Waals surface area (Å²) in [5.41, 5.74) is 2.02. The topological polar surface area (TPSA) is 63.4 Å². The van der Waals surface area contributed by atoms with E-state index in [1.54, 1.807) is 12.3 Å². The van der Waals surface area contributed by atoms with Crippen LogP contribution in [0.3, 0.4) is 0 Å². The van der Waals surface area contributed by atoms with Crippen LogP contribution in [-0.4, -0.2) is 29.7 Å². The van der Waals surface area contributed by atoms with Crippen LogP contribution in [0, 0.1) is 10.1 Å². The summed E-state index contributed by atoms with van der Waals surface area (Å²) in [5.74, 6) is -0.103. The number of rotatable bonds is 2. The summed E-state index contributed by atoms with van der Waals surface area (Å²) in [5, 5.41) is 10.7.